The predicted octanol–water partition coefficient (Wildman–Crippen LogP) is 1.64. The molecule has 0 fully saturated rings. The maximum atomic E-state index is 11.9. The first-order valence-corrected chi connectivity index (χ1v) is 5.20. The summed E-state index contributed by atoms with van der Waals surface area (Å²) in [5, 5.41) is 2.63. The van der Waals surface area contributed by atoms with Crippen LogP contribution in [0.2, 0.25) is 0 Å². The summed E-state index contributed by atoms with van der Waals surface area (Å²) in [4.78, 5) is 11.3. The van der Waals surface area contributed by atoms with Crippen molar-refractivity contribution >= 4 is 5.95 Å². The molecule has 0 aliphatic heterocycles. The van der Waals surface area contributed by atoms with Crippen LogP contribution in [0.15, 0.2) is 0 Å². The van der Waals surface area contributed by atoms with Gasteiger partial charge in [-0.25, -0.2) is 0 Å². The molecule has 0 amide bonds. The summed E-state index contributed by atoms with van der Waals surface area (Å²) in [6.45, 7) is 1.50. The summed E-state index contributed by atoms with van der Waals surface area (Å²) in [6.07, 6.45) is -5.35. The maximum absolute atomic E-state index is 11.9. The van der Waals surface area contributed by atoms with Crippen molar-refractivity contribution in [2.45, 2.75) is 19.5 Å². The van der Waals surface area contributed by atoms with Crippen LogP contribution < -0.4 is 14.8 Å². The minimum absolute atomic E-state index is 0.00106. The molecular weight excluding hydrogens is 253 g/mol. The van der Waals surface area contributed by atoms with Crippen molar-refractivity contribution in [3.63, 3.8) is 0 Å². The van der Waals surface area contributed by atoms with Crippen LogP contribution in [0.5, 0.6) is 12.0 Å². The van der Waals surface area contributed by atoms with Crippen molar-refractivity contribution < 1.29 is 22.6 Å². The molecule has 0 bridgehead atoms. The summed E-state index contributed by atoms with van der Waals surface area (Å²) >= 11 is 0. The molecular formula is C9H13F3N4O2. The van der Waals surface area contributed by atoms with E-state index in [1.54, 1.807) is 14.0 Å². The number of anilines is 1. The molecule has 1 N–H and O–H groups in total. The molecule has 1 rings (SSSR count). The van der Waals surface area contributed by atoms with E-state index in [2.05, 4.69) is 20.3 Å². The van der Waals surface area contributed by atoms with Crippen LogP contribution in [0.4, 0.5) is 19.1 Å². The molecule has 0 atom stereocenters. The monoisotopic (exact) mass is 266 g/mol. The third-order valence-corrected chi connectivity index (χ3v) is 1.71. The van der Waals surface area contributed by atoms with Crippen LogP contribution in [0.1, 0.15) is 13.3 Å². The van der Waals surface area contributed by atoms with E-state index in [1.165, 1.54) is 0 Å². The highest BCUT2D eigenvalue weighted by atomic mass is 19.4. The van der Waals surface area contributed by atoms with E-state index in [0.29, 0.717) is 6.61 Å². The average molecular weight is 266 g/mol. The summed E-state index contributed by atoms with van der Waals surface area (Å²) < 4.78 is 45.6. The van der Waals surface area contributed by atoms with E-state index in [4.69, 9.17) is 9.47 Å². The molecule has 1 heterocycles. The van der Waals surface area contributed by atoms with Gasteiger partial charge in [-0.15, -0.1) is 4.98 Å². The number of aromatic nitrogens is 3. The molecule has 0 saturated heterocycles. The standard InChI is InChI=1S/C9H13F3N4O2/c1-3-17-7-14-6(13-2)15-8(16-7)18-5-4-9(10,11)12/h3-5H2,1-2H3,(H,13,14,15,16). The Morgan fingerprint density at radius 2 is 1.72 bits per heavy atom. The van der Waals surface area contributed by atoms with Gasteiger partial charge in [0.2, 0.25) is 5.95 Å². The Balaban J connectivity index is 2.66. The minimum Gasteiger partial charge on any atom is -0.464 e. The molecule has 1 aromatic rings. The molecule has 0 aromatic carbocycles. The molecule has 102 valence electrons. The lowest BCUT2D eigenvalue weighted by Gasteiger charge is -2.09. The molecule has 0 aliphatic carbocycles. The van der Waals surface area contributed by atoms with Gasteiger partial charge in [0.15, 0.2) is 0 Å². The quantitative estimate of drug-likeness (QED) is 0.844. The number of ether oxygens (including phenoxy) is 2. The zero-order valence-electron chi connectivity index (χ0n) is 9.91. The Hall–Kier alpha value is -1.80. The molecule has 18 heavy (non-hydrogen) atoms. The first-order valence-electron chi connectivity index (χ1n) is 5.20. The lowest BCUT2D eigenvalue weighted by Crippen LogP contribution is -2.14. The van der Waals surface area contributed by atoms with E-state index < -0.39 is 19.2 Å². The van der Waals surface area contributed by atoms with Gasteiger partial charge in [0, 0.05) is 7.05 Å². The zero-order valence-corrected chi connectivity index (χ0v) is 9.91. The number of rotatable bonds is 6. The molecule has 0 saturated carbocycles. The highest BCUT2D eigenvalue weighted by Gasteiger charge is 2.27. The third-order valence-electron chi connectivity index (χ3n) is 1.71. The minimum atomic E-state index is -4.28. The van der Waals surface area contributed by atoms with Crippen molar-refractivity contribution in [1.82, 2.24) is 15.0 Å². The van der Waals surface area contributed by atoms with Crippen molar-refractivity contribution in [3.05, 3.63) is 0 Å². The fraction of sp³-hybridized carbons (Fsp3) is 0.667. The number of hydrogen-bond acceptors (Lipinski definition) is 6. The Labute approximate surface area is 102 Å². The van der Waals surface area contributed by atoms with Gasteiger partial charge in [-0.3, -0.25) is 0 Å². The first kappa shape index (κ1) is 14.3. The van der Waals surface area contributed by atoms with Gasteiger partial charge in [-0.2, -0.15) is 23.1 Å². The van der Waals surface area contributed by atoms with Crippen molar-refractivity contribution in [3.8, 4) is 12.0 Å². The maximum Gasteiger partial charge on any atom is 0.392 e. The van der Waals surface area contributed by atoms with E-state index in [0.717, 1.165) is 0 Å². The highest BCUT2D eigenvalue weighted by Crippen LogP contribution is 2.20. The number of alkyl halides is 3. The second kappa shape index (κ2) is 6.22. The topological polar surface area (TPSA) is 69.2 Å². The molecule has 0 radical (unpaired) electrons. The van der Waals surface area contributed by atoms with Crippen LogP contribution in [-0.4, -0.2) is 41.4 Å². The predicted molar refractivity (Wildman–Crippen MR) is 56.7 cm³/mol. The smallest absolute Gasteiger partial charge is 0.392 e. The van der Waals surface area contributed by atoms with Crippen molar-refractivity contribution in [1.29, 1.82) is 0 Å². The summed E-state index contributed by atoms with van der Waals surface area (Å²) in [6, 6.07) is -0.207. The normalized spacial score (nSPS) is 11.2. The van der Waals surface area contributed by atoms with E-state index in [9.17, 15) is 13.2 Å². The van der Waals surface area contributed by atoms with E-state index in [-0.39, 0.29) is 18.0 Å². The number of hydrogen-bond donors (Lipinski definition) is 1. The lowest BCUT2D eigenvalue weighted by atomic mass is 10.4. The molecule has 0 unspecified atom stereocenters. The Morgan fingerprint density at radius 1 is 1.11 bits per heavy atom. The Bertz CT molecular complexity index is 387. The second-order valence-electron chi connectivity index (χ2n) is 3.12. The molecule has 0 aliphatic rings. The third kappa shape index (κ3) is 5.02. The van der Waals surface area contributed by atoms with Gasteiger partial charge >= 0.3 is 18.2 Å². The van der Waals surface area contributed by atoms with Gasteiger partial charge in [-0.05, 0) is 6.92 Å². The van der Waals surface area contributed by atoms with Crippen LogP contribution in [0.25, 0.3) is 0 Å². The fourth-order valence-corrected chi connectivity index (χ4v) is 0.966. The zero-order chi connectivity index (χ0) is 13.6. The molecule has 1 aromatic heterocycles. The van der Waals surface area contributed by atoms with E-state index >= 15 is 0 Å². The largest absolute Gasteiger partial charge is 0.464 e. The van der Waals surface area contributed by atoms with Gasteiger partial charge < -0.3 is 14.8 Å². The summed E-state index contributed by atoms with van der Waals surface area (Å²) in [5.41, 5.74) is 0. The van der Waals surface area contributed by atoms with Gasteiger partial charge in [-0.1, -0.05) is 0 Å². The van der Waals surface area contributed by atoms with Crippen LogP contribution in [0.3, 0.4) is 0 Å². The number of halogens is 3. The van der Waals surface area contributed by atoms with E-state index in [1.807, 2.05) is 0 Å². The SMILES string of the molecule is CCOc1nc(NC)nc(OCCC(F)(F)F)n1. The summed E-state index contributed by atoms with van der Waals surface area (Å²) in [5.74, 6) is 0.162. The number of nitrogens with one attached hydrogen (secondary N) is 1. The van der Waals surface area contributed by atoms with Crippen molar-refractivity contribution in [2.24, 2.45) is 0 Å². The fourth-order valence-electron chi connectivity index (χ4n) is 0.966. The second-order valence-corrected chi connectivity index (χ2v) is 3.12. The lowest BCUT2D eigenvalue weighted by molar-refractivity contribution is -0.139. The Morgan fingerprint density at radius 3 is 2.22 bits per heavy atom. The van der Waals surface area contributed by atoms with Crippen LogP contribution in [0, 0.1) is 0 Å². The highest BCUT2D eigenvalue weighted by molar-refractivity contribution is 5.26. The molecule has 6 nitrogen and oxygen atoms in total. The van der Waals surface area contributed by atoms with Crippen molar-refractivity contribution in [2.75, 3.05) is 25.6 Å². The first-order chi connectivity index (χ1) is 8.44. The molecule has 0 spiro atoms. The van der Waals surface area contributed by atoms with Gasteiger partial charge in [0.05, 0.1) is 13.0 Å². The van der Waals surface area contributed by atoms with Crippen LogP contribution in [-0.2, 0) is 0 Å². The van der Waals surface area contributed by atoms with Crippen LogP contribution >= 0.6 is 0 Å². The molecule has 9 heteroatoms. The summed E-state index contributed by atoms with van der Waals surface area (Å²) in [7, 11) is 1.56. The number of nitrogens with zero attached hydrogens (tertiary/aromatic N) is 3. The van der Waals surface area contributed by atoms with Gasteiger partial charge in [0.25, 0.3) is 0 Å². The van der Waals surface area contributed by atoms with Gasteiger partial charge in [0.1, 0.15) is 6.61 Å². The average Bonchev–Trinajstić information content (AvgIpc) is 2.27. The Kier molecular flexibility index (Phi) is 4.93.